The summed E-state index contributed by atoms with van der Waals surface area (Å²) in [5, 5.41) is 24.4. The Morgan fingerprint density at radius 3 is 2.50 bits per heavy atom. The van der Waals surface area contributed by atoms with Crippen molar-refractivity contribution in [1.29, 1.82) is 0 Å². The van der Waals surface area contributed by atoms with E-state index in [1.807, 2.05) is 37.3 Å². The van der Waals surface area contributed by atoms with Gasteiger partial charge in [0.2, 0.25) is 5.91 Å². The Morgan fingerprint density at radius 2 is 1.89 bits per heavy atom. The second-order valence-electron chi connectivity index (χ2n) is 6.48. The highest BCUT2D eigenvalue weighted by molar-refractivity contribution is 6.43. The summed E-state index contributed by atoms with van der Waals surface area (Å²) < 4.78 is 0. The van der Waals surface area contributed by atoms with Crippen LogP contribution in [0.5, 0.6) is 0 Å². The van der Waals surface area contributed by atoms with Gasteiger partial charge in [-0.15, -0.1) is 0 Å². The number of rotatable bonds is 10. The van der Waals surface area contributed by atoms with Crippen molar-refractivity contribution in [2.24, 2.45) is 0 Å². The smallest absolute Gasteiger partial charge is 0.426 e. The number of aromatic nitrogens is 2. The van der Waals surface area contributed by atoms with Crippen LogP contribution < -0.4 is 10.6 Å². The molecule has 0 unspecified atom stereocenters. The van der Waals surface area contributed by atoms with E-state index in [0.29, 0.717) is 6.42 Å². The van der Waals surface area contributed by atoms with Crippen molar-refractivity contribution < 1.29 is 19.6 Å². The van der Waals surface area contributed by atoms with Crippen LogP contribution in [0.15, 0.2) is 48.9 Å². The number of hydrogen-bond acceptors (Lipinski definition) is 6. The molecule has 0 aliphatic rings. The molecule has 1 aromatic heterocycles. The van der Waals surface area contributed by atoms with Gasteiger partial charge in [0.05, 0.1) is 12.1 Å². The normalized spacial score (nSPS) is 12.7. The van der Waals surface area contributed by atoms with E-state index < -0.39 is 30.9 Å². The Balaban J connectivity index is 2.14. The number of benzene rings is 1. The van der Waals surface area contributed by atoms with Gasteiger partial charge in [0.1, 0.15) is 11.7 Å². The molecule has 2 aromatic rings. The van der Waals surface area contributed by atoms with E-state index in [9.17, 15) is 19.6 Å². The SMILES string of the molecule is CCCC[C@H](NC(=O)[C@H](Cc1ccccc1)NC(=O)c1cnccn1)B(O)O. The number of nitrogens with zero attached hydrogens (tertiary/aromatic N) is 2. The molecule has 0 radical (unpaired) electrons. The average Bonchev–Trinajstić information content (AvgIpc) is 2.71. The van der Waals surface area contributed by atoms with Gasteiger partial charge in [0.15, 0.2) is 0 Å². The van der Waals surface area contributed by atoms with E-state index >= 15 is 0 Å². The van der Waals surface area contributed by atoms with Gasteiger partial charge in [0.25, 0.3) is 5.91 Å². The molecule has 1 aromatic carbocycles. The first-order valence-electron chi connectivity index (χ1n) is 9.28. The first-order chi connectivity index (χ1) is 13.5. The molecule has 28 heavy (non-hydrogen) atoms. The van der Waals surface area contributed by atoms with Gasteiger partial charge in [-0.1, -0.05) is 50.1 Å². The van der Waals surface area contributed by atoms with Gasteiger partial charge < -0.3 is 20.7 Å². The standard InChI is InChI=1S/C19H25BN4O4/c1-2-3-9-17(20(27)28)24-18(25)15(12-14-7-5-4-6-8-14)23-19(26)16-13-21-10-11-22-16/h4-8,10-11,13,15,17,27-28H,2-3,9,12H2,1H3,(H,23,26)(H,24,25)/t15-,17-/m0/s1. The Bertz CT molecular complexity index is 746. The highest BCUT2D eigenvalue weighted by Gasteiger charge is 2.29. The summed E-state index contributed by atoms with van der Waals surface area (Å²) in [6, 6.07) is 8.35. The Morgan fingerprint density at radius 1 is 1.14 bits per heavy atom. The molecule has 2 rings (SSSR count). The molecule has 8 nitrogen and oxygen atoms in total. The summed E-state index contributed by atoms with van der Waals surface area (Å²) in [5.74, 6) is -1.83. The van der Waals surface area contributed by atoms with Gasteiger partial charge in [0, 0.05) is 18.8 Å². The van der Waals surface area contributed by atoms with E-state index in [4.69, 9.17) is 0 Å². The van der Waals surface area contributed by atoms with Crippen LogP contribution >= 0.6 is 0 Å². The number of unbranched alkanes of at least 4 members (excludes halogenated alkanes) is 1. The van der Waals surface area contributed by atoms with Crippen LogP contribution in [0, 0.1) is 0 Å². The first-order valence-corrected chi connectivity index (χ1v) is 9.28. The Kier molecular flexibility index (Phi) is 8.58. The molecular formula is C19H25BN4O4. The second kappa shape index (κ2) is 11.2. The molecule has 0 saturated heterocycles. The lowest BCUT2D eigenvalue weighted by molar-refractivity contribution is -0.123. The lowest BCUT2D eigenvalue weighted by Gasteiger charge is -2.23. The van der Waals surface area contributed by atoms with E-state index in [1.165, 1.54) is 18.6 Å². The zero-order chi connectivity index (χ0) is 20.4. The predicted molar refractivity (Wildman–Crippen MR) is 105 cm³/mol. The summed E-state index contributed by atoms with van der Waals surface area (Å²) in [6.45, 7) is 1.97. The summed E-state index contributed by atoms with van der Waals surface area (Å²) in [7, 11) is -1.68. The van der Waals surface area contributed by atoms with Crippen LogP contribution in [-0.2, 0) is 11.2 Å². The maximum absolute atomic E-state index is 12.8. The van der Waals surface area contributed by atoms with E-state index in [2.05, 4.69) is 20.6 Å². The van der Waals surface area contributed by atoms with Crippen molar-refractivity contribution in [3.05, 3.63) is 60.2 Å². The Hall–Kier alpha value is -2.78. The predicted octanol–water partition coefficient (Wildman–Crippen LogP) is 0.505. The minimum Gasteiger partial charge on any atom is -0.426 e. The van der Waals surface area contributed by atoms with Gasteiger partial charge in [-0.05, 0) is 12.0 Å². The fourth-order valence-electron chi connectivity index (χ4n) is 2.71. The maximum atomic E-state index is 12.8. The van der Waals surface area contributed by atoms with Gasteiger partial charge in [-0.3, -0.25) is 14.6 Å². The van der Waals surface area contributed by atoms with Crippen LogP contribution in [0.4, 0.5) is 0 Å². The molecule has 2 atom stereocenters. The average molecular weight is 384 g/mol. The number of nitrogens with one attached hydrogen (secondary N) is 2. The van der Waals surface area contributed by atoms with Crippen LogP contribution in [-0.4, -0.2) is 50.9 Å². The van der Waals surface area contributed by atoms with Crippen LogP contribution in [0.3, 0.4) is 0 Å². The van der Waals surface area contributed by atoms with Crippen LogP contribution in [0.1, 0.15) is 42.2 Å². The van der Waals surface area contributed by atoms with E-state index in [1.54, 1.807) is 0 Å². The van der Waals surface area contributed by atoms with Crippen molar-refractivity contribution in [3.63, 3.8) is 0 Å². The van der Waals surface area contributed by atoms with Crippen LogP contribution in [0.25, 0.3) is 0 Å². The topological polar surface area (TPSA) is 124 Å². The molecule has 9 heteroatoms. The molecule has 0 bridgehead atoms. The Labute approximate surface area is 164 Å². The second-order valence-corrected chi connectivity index (χ2v) is 6.48. The molecule has 0 spiro atoms. The fraction of sp³-hybridized carbons (Fsp3) is 0.368. The molecular weight excluding hydrogens is 359 g/mol. The van der Waals surface area contributed by atoms with Crippen molar-refractivity contribution in [2.45, 2.75) is 44.6 Å². The molecule has 4 N–H and O–H groups in total. The third-order valence-electron chi connectivity index (χ3n) is 4.26. The quantitative estimate of drug-likeness (QED) is 0.443. The number of amides is 2. The molecule has 148 valence electrons. The van der Waals surface area contributed by atoms with Crippen molar-refractivity contribution in [1.82, 2.24) is 20.6 Å². The first kappa shape index (κ1) is 21.5. The lowest BCUT2D eigenvalue weighted by Crippen LogP contribution is -2.54. The minimum absolute atomic E-state index is 0.0955. The van der Waals surface area contributed by atoms with Crippen molar-refractivity contribution in [2.75, 3.05) is 0 Å². The van der Waals surface area contributed by atoms with Crippen molar-refractivity contribution in [3.8, 4) is 0 Å². The largest absolute Gasteiger partial charge is 0.475 e. The third-order valence-corrected chi connectivity index (χ3v) is 4.26. The molecule has 0 saturated carbocycles. The summed E-state index contributed by atoms with van der Waals surface area (Å²) >= 11 is 0. The number of carbonyl (C=O) groups excluding carboxylic acids is 2. The zero-order valence-corrected chi connectivity index (χ0v) is 15.8. The number of hydrogen-bond donors (Lipinski definition) is 4. The monoisotopic (exact) mass is 384 g/mol. The molecule has 0 aliphatic carbocycles. The van der Waals surface area contributed by atoms with Crippen LogP contribution in [0.2, 0.25) is 0 Å². The van der Waals surface area contributed by atoms with Gasteiger partial charge in [-0.25, -0.2) is 4.98 Å². The fourth-order valence-corrected chi connectivity index (χ4v) is 2.71. The molecule has 2 amide bonds. The summed E-state index contributed by atoms with van der Waals surface area (Å²) in [6.07, 6.45) is 6.43. The van der Waals surface area contributed by atoms with Gasteiger partial charge in [-0.2, -0.15) is 0 Å². The van der Waals surface area contributed by atoms with E-state index in [-0.39, 0.29) is 12.1 Å². The summed E-state index contributed by atoms with van der Waals surface area (Å²) in [4.78, 5) is 33.1. The maximum Gasteiger partial charge on any atom is 0.475 e. The molecule has 0 fully saturated rings. The highest BCUT2D eigenvalue weighted by atomic mass is 16.4. The highest BCUT2D eigenvalue weighted by Crippen LogP contribution is 2.07. The van der Waals surface area contributed by atoms with Crippen molar-refractivity contribution >= 4 is 18.9 Å². The molecule has 1 heterocycles. The number of carbonyl (C=O) groups is 2. The zero-order valence-electron chi connectivity index (χ0n) is 15.8. The van der Waals surface area contributed by atoms with Gasteiger partial charge >= 0.3 is 7.12 Å². The minimum atomic E-state index is -1.68. The summed E-state index contributed by atoms with van der Waals surface area (Å²) in [5.41, 5.74) is 0.954. The molecule has 0 aliphatic heterocycles. The van der Waals surface area contributed by atoms with E-state index in [0.717, 1.165) is 18.4 Å². The third kappa shape index (κ3) is 6.75. The lowest BCUT2D eigenvalue weighted by atomic mass is 9.76.